The predicted molar refractivity (Wildman–Crippen MR) is 61.9 cm³/mol. The number of aliphatic hydroxyl groups is 1. The molecule has 0 aliphatic carbocycles. The molecular formula is C12H24N2O. The lowest BCUT2D eigenvalue weighted by Gasteiger charge is -2.40. The average Bonchev–Trinajstić information content (AvgIpc) is 2.30. The molecule has 2 fully saturated rings. The number of nitrogens with one attached hydrogen (secondary N) is 1. The van der Waals surface area contributed by atoms with Crippen LogP contribution in [-0.2, 0) is 0 Å². The smallest absolute Gasteiger partial charge is 0.0552 e. The minimum Gasteiger partial charge on any atom is -0.393 e. The van der Waals surface area contributed by atoms with E-state index >= 15 is 0 Å². The van der Waals surface area contributed by atoms with Gasteiger partial charge < -0.3 is 10.4 Å². The zero-order valence-electron chi connectivity index (χ0n) is 9.78. The van der Waals surface area contributed by atoms with E-state index in [0.717, 1.165) is 12.6 Å². The lowest BCUT2D eigenvalue weighted by molar-refractivity contribution is 0.0369. The Morgan fingerprint density at radius 2 is 2.00 bits per heavy atom. The molecule has 2 aliphatic rings. The number of piperidine rings is 2. The highest BCUT2D eigenvalue weighted by Crippen LogP contribution is 2.24. The van der Waals surface area contributed by atoms with Crippen molar-refractivity contribution in [2.24, 2.45) is 5.92 Å². The molecule has 0 unspecified atom stereocenters. The van der Waals surface area contributed by atoms with Crippen molar-refractivity contribution in [3.8, 4) is 0 Å². The van der Waals surface area contributed by atoms with Gasteiger partial charge in [0.25, 0.3) is 0 Å². The SMILES string of the molecule is C[C@@H](O)[C@H]1CCCN(C2CCNCC2)C1. The van der Waals surface area contributed by atoms with Crippen molar-refractivity contribution in [3.05, 3.63) is 0 Å². The van der Waals surface area contributed by atoms with E-state index in [1.807, 2.05) is 6.92 Å². The molecule has 2 heterocycles. The highest BCUT2D eigenvalue weighted by Gasteiger charge is 2.28. The molecule has 2 saturated heterocycles. The van der Waals surface area contributed by atoms with E-state index in [2.05, 4.69) is 10.2 Å². The second-order valence-electron chi connectivity index (χ2n) is 5.12. The average molecular weight is 212 g/mol. The highest BCUT2D eigenvalue weighted by molar-refractivity contribution is 4.83. The summed E-state index contributed by atoms with van der Waals surface area (Å²) < 4.78 is 0. The molecule has 15 heavy (non-hydrogen) atoms. The monoisotopic (exact) mass is 212 g/mol. The second-order valence-corrected chi connectivity index (χ2v) is 5.12. The molecule has 3 nitrogen and oxygen atoms in total. The summed E-state index contributed by atoms with van der Waals surface area (Å²) >= 11 is 0. The van der Waals surface area contributed by atoms with Crippen molar-refractivity contribution in [3.63, 3.8) is 0 Å². The third-order valence-electron chi connectivity index (χ3n) is 4.00. The van der Waals surface area contributed by atoms with Crippen LogP contribution in [0.2, 0.25) is 0 Å². The van der Waals surface area contributed by atoms with Crippen LogP contribution in [0.25, 0.3) is 0 Å². The van der Waals surface area contributed by atoms with E-state index in [4.69, 9.17) is 0 Å². The lowest BCUT2D eigenvalue weighted by atomic mass is 9.91. The first kappa shape index (κ1) is 11.4. The van der Waals surface area contributed by atoms with Crippen molar-refractivity contribution < 1.29 is 5.11 Å². The maximum atomic E-state index is 9.65. The van der Waals surface area contributed by atoms with Gasteiger partial charge in [-0.3, -0.25) is 4.90 Å². The van der Waals surface area contributed by atoms with Gasteiger partial charge >= 0.3 is 0 Å². The molecule has 2 aliphatic heterocycles. The topological polar surface area (TPSA) is 35.5 Å². The van der Waals surface area contributed by atoms with Gasteiger partial charge in [0.1, 0.15) is 0 Å². The quantitative estimate of drug-likeness (QED) is 0.712. The predicted octanol–water partition coefficient (Wildman–Crippen LogP) is 0.831. The Labute approximate surface area is 92.8 Å². The van der Waals surface area contributed by atoms with Gasteiger partial charge in [-0.15, -0.1) is 0 Å². The Balaban J connectivity index is 1.85. The van der Waals surface area contributed by atoms with Crippen molar-refractivity contribution in [2.75, 3.05) is 26.2 Å². The molecule has 0 radical (unpaired) electrons. The van der Waals surface area contributed by atoms with Gasteiger partial charge in [-0.2, -0.15) is 0 Å². The first-order valence-electron chi connectivity index (χ1n) is 6.40. The third-order valence-corrected chi connectivity index (χ3v) is 4.00. The van der Waals surface area contributed by atoms with Crippen molar-refractivity contribution in [2.45, 2.75) is 44.8 Å². The van der Waals surface area contributed by atoms with Crippen molar-refractivity contribution >= 4 is 0 Å². The molecule has 0 saturated carbocycles. The van der Waals surface area contributed by atoms with Gasteiger partial charge in [0.15, 0.2) is 0 Å². The van der Waals surface area contributed by atoms with E-state index in [1.54, 1.807) is 0 Å². The van der Waals surface area contributed by atoms with Gasteiger partial charge in [-0.1, -0.05) is 0 Å². The van der Waals surface area contributed by atoms with E-state index in [-0.39, 0.29) is 6.10 Å². The fourth-order valence-electron chi connectivity index (χ4n) is 2.94. The second kappa shape index (κ2) is 5.28. The number of rotatable bonds is 2. The van der Waals surface area contributed by atoms with Crippen molar-refractivity contribution in [1.29, 1.82) is 0 Å². The van der Waals surface area contributed by atoms with Crippen LogP contribution in [-0.4, -0.2) is 48.3 Å². The van der Waals surface area contributed by atoms with Crippen LogP contribution in [0.3, 0.4) is 0 Å². The Bertz CT molecular complexity index is 190. The summed E-state index contributed by atoms with van der Waals surface area (Å²) in [7, 11) is 0. The van der Waals surface area contributed by atoms with Gasteiger partial charge in [-0.25, -0.2) is 0 Å². The fraction of sp³-hybridized carbons (Fsp3) is 1.00. The van der Waals surface area contributed by atoms with Gasteiger partial charge in [0.2, 0.25) is 0 Å². The lowest BCUT2D eigenvalue weighted by Crippen LogP contribution is -2.48. The summed E-state index contributed by atoms with van der Waals surface area (Å²) in [5.41, 5.74) is 0. The Morgan fingerprint density at radius 1 is 1.27 bits per heavy atom. The molecule has 0 amide bonds. The molecule has 0 aromatic rings. The summed E-state index contributed by atoms with van der Waals surface area (Å²) in [6, 6.07) is 0.771. The van der Waals surface area contributed by atoms with E-state index in [9.17, 15) is 5.11 Å². The molecule has 0 aromatic heterocycles. The third kappa shape index (κ3) is 2.92. The Kier molecular flexibility index (Phi) is 4.00. The maximum Gasteiger partial charge on any atom is 0.0552 e. The molecular weight excluding hydrogens is 188 g/mol. The van der Waals surface area contributed by atoms with Crippen LogP contribution in [0.5, 0.6) is 0 Å². The minimum absolute atomic E-state index is 0.130. The molecule has 2 rings (SSSR count). The Morgan fingerprint density at radius 3 is 2.67 bits per heavy atom. The summed E-state index contributed by atoms with van der Waals surface area (Å²) in [4.78, 5) is 2.61. The molecule has 0 aromatic carbocycles. The largest absolute Gasteiger partial charge is 0.393 e. The number of likely N-dealkylation sites (tertiary alicyclic amines) is 1. The molecule has 88 valence electrons. The van der Waals surface area contributed by atoms with Crippen LogP contribution < -0.4 is 5.32 Å². The van der Waals surface area contributed by atoms with Crippen LogP contribution in [0, 0.1) is 5.92 Å². The van der Waals surface area contributed by atoms with Gasteiger partial charge in [0, 0.05) is 12.6 Å². The summed E-state index contributed by atoms with van der Waals surface area (Å²) in [5, 5.41) is 13.1. The van der Waals surface area contributed by atoms with Crippen LogP contribution in [0.15, 0.2) is 0 Å². The van der Waals surface area contributed by atoms with E-state index in [1.165, 1.54) is 45.3 Å². The molecule has 0 bridgehead atoms. The van der Waals surface area contributed by atoms with E-state index in [0.29, 0.717) is 5.92 Å². The first-order valence-corrected chi connectivity index (χ1v) is 6.40. The van der Waals surface area contributed by atoms with E-state index < -0.39 is 0 Å². The summed E-state index contributed by atoms with van der Waals surface area (Å²) in [5.74, 6) is 0.508. The fourth-order valence-corrected chi connectivity index (χ4v) is 2.94. The molecule has 2 N–H and O–H groups in total. The normalized spacial score (nSPS) is 32.8. The molecule has 0 spiro atoms. The molecule has 3 heteroatoms. The standard InChI is InChI=1S/C12H24N2O/c1-10(15)11-3-2-8-14(9-11)12-4-6-13-7-5-12/h10-13,15H,2-9H2,1H3/t10-,11+/m1/s1. The van der Waals surface area contributed by atoms with Gasteiger partial charge in [-0.05, 0) is 58.2 Å². The zero-order valence-corrected chi connectivity index (χ0v) is 9.78. The highest BCUT2D eigenvalue weighted by atomic mass is 16.3. The first-order chi connectivity index (χ1) is 7.27. The number of aliphatic hydroxyl groups excluding tert-OH is 1. The number of hydrogen-bond acceptors (Lipinski definition) is 3. The maximum absolute atomic E-state index is 9.65. The van der Waals surface area contributed by atoms with Crippen LogP contribution in [0.1, 0.15) is 32.6 Å². The van der Waals surface area contributed by atoms with Crippen LogP contribution >= 0.6 is 0 Å². The van der Waals surface area contributed by atoms with Crippen molar-refractivity contribution in [1.82, 2.24) is 10.2 Å². The molecule has 2 atom stereocenters. The number of hydrogen-bond donors (Lipinski definition) is 2. The summed E-state index contributed by atoms with van der Waals surface area (Å²) in [6.07, 6.45) is 4.91. The van der Waals surface area contributed by atoms with Gasteiger partial charge in [0.05, 0.1) is 6.10 Å². The number of nitrogens with zero attached hydrogens (tertiary/aromatic N) is 1. The minimum atomic E-state index is -0.130. The van der Waals surface area contributed by atoms with Crippen LogP contribution in [0.4, 0.5) is 0 Å². The summed E-state index contributed by atoms with van der Waals surface area (Å²) in [6.45, 7) is 6.63. The zero-order chi connectivity index (χ0) is 10.7. The Hall–Kier alpha value is -0.120.